The van der Waals surface area contributed by atoms with Crippen molar-refractivity contribution in [3.63, 3.8) is 0 Å². The number of amides is 1. The summed E-state index contributed by atoms with van der Waals surface area (Å²) in [4.78, 5) is 11.9. The van der Waals surface area contributed by atoms with Gasteiger partial charge in [-0.15, -0.1) is 0 Å². The molecule has 2 aromatic rings. The lowest BCUT2D eigenvalue weighted by Crippen LogP contribution is -2.24. The molecule has 5 nitrogen and oxygen atoms in total. The van der Waals surface area contributed by atoms with Gasteiger partial charge in [-0.3, -0.25) is 4.79 Å². The van der Waals surface area contributed by atoms with Crippen molar-refractivity contribution in [2.45, 2.75) is 47.6 Å². The van der Waals surface area contributed by atoms with E-state index in [0.29, 0.717) is 11.8 Å². The standard InChI is InChI=1S/C20H27N3O2/c1-13(2)23-16(5)10-18(17(23)6)11-21-22-20(24)12-25-19-8-7-14(3)15(4)9-19/h7-11,13H,12H2,1-6H3,(H,22,24)/b21-11-. The molecule has 1 N–H and O–H groups in total. The van der Waals surface area contributed by atoms with Gasteiger partial charge in [0.05, 0.1) is 6.21 Å². The molecule has 0 bridgehead atoms. The van der Waals surface area contributed by atoms with Gasteiger partial charge < -0.3 is 9.30 Å². The van der Waals surface area contributed by atoms with Crippen molar-refractivity contribution in [2.75, 3.05) is 6.61 Å². The van der Waals surface area contributed by atoms with E-state index in [1.54, 1.807) is 6.21 Å². The van der Waals surface area contributed by atoms with E-state index in [4.69, 9.17) is 4.74 Å². The fraction of sp³-hybridized carbons (Fsp3) is 0.400. The summed E-state index contributed by atoms with van der Waals surface area (Å²) in [5.41, 5.74) is 8.16. The summed E-state index contributed by atoms with van der Waals surface area (Å²) in [7, 11) is 0. The number of aromatic nitrogens is 1. The highest BCUT2D eigenvalue weighted by molar-refractivity contribution is 5.84. The Kier molecular flexibility index (Phi) is 6.02. The summed E-state index contributed by atoms with van der Waals surface area (Å²) < 4.78 is 7.74. The number of carbonyl (C=O) groups is 1. The van der Waals surface area contributed by atoms with Crippen molar-refractivity contribution in [2.24, 2.45) is 5.10 Å². The van der Waals surface area contributed by atoms with Gasteiger partial charge in [0.1, 0.15) is 5.75 Å². The van der Waals surface area contributed by atoms with Gasteiger partial charge in [-0.25, -0.2) is 5.43 Å². The van der Waals surface area contributed by atoms with Gasteiger partial charge in [0.15, 0.2) is 6.61 Å². The number of ether oxygens (including phenoxy) is 1. The van der Waals surface area contributed by atoms with Crippen LogP contribution in [0.3, 0.4) is 0 Å². The second-order valence-electron chi connectivity index (χ2n) is 6.62. The highest BCUT2D eigenvalue weighted by Gasteiger charge is 2.10. The first kappa shape index (κ1) is 18.8. The lowest BCUT2D eigenvalue weighted by Gasteiger charge is -2.13. The molecule has 2 rings (SSSR count). The molecule has 0 saturated carbocycles. The van der Waals surface area contributed by atoms with E-state index in [2.05, 4.69) is 48.9 Å². The molecule has 0 radical (unpaired) electrons. The molecule has 1 aromatic heterocycles. The van der Waals surface area contributed by atoms with Gasteiger partial charge in [-0.2, -0.15) is 5.10 Å². The maximum Gasteiger partial charge on any atom is 0.277 e. The van der Waals surface area contributed by atoms with Crippen LogP contribution >= 0.6 is 0 Å². The van der Waals surface area contributed by atoms with E-state index < -0.39 is 0 Å². The van der Waals surface area contributed by atoms with Crippen molar-refractivity contribution >= 4 is 12.1 Å². The van der Waals surface area contributed by atoms with E-state index >= 15 is 0 Å². The van der Waals surface area contributed by atoms with Gasteiger partial charge in [-0.1, -0.05) is 6.07 Å². The number of aryl methyl sites for hydroxylation is 3. The van der Waals surface area contributed by atoms with E-state index in [0.717, 1.165) is 16.8 Å². The first-order valence-electron chi connectivity index (χ1n) is 8.50. The van der Waals surface area contributed by atoms with Gasteiger partial charge in [0.25, 0.3) is 5.91 Å². The molecule has 0 atom stereocenters. The fourth-order valence-electron chi connectivity index (χ4n) is 2.89. The quantitative estimate of drug-likeness (QED) is 0.641. The second-order valence-corrected chi connectivity index (χ2v) is 6.62. The number of hydrogen-bond acceptors (Lipinski definition) is 3. The molecule has 134 valence electrons. The Morgan fingerprint density at radius 2 is 1.92 bits per heavy atom. The largest absolute Gasteiger partial charge is 0.484 e. The molecule has 1 heterocycles. The Bertz CT molecular complexity index is 788. The van der Waals surface area contributed by atoms with E-state index in [1.165, 1.54) is 11.3 Å². The zero-order valence-corrected chi connectivity index (χ0v) is 15.9. The molecule has 1 amide bonds. The number of benzene rings is 1. The third-order valence-electron chi connectivity index (χ3n) is 4.28. The molecule has 0 aliphatic carbocycles. The number of carbonyl (C=O) groups excluding carboxylic acids is 1. The molecule has 0 spiro atoms. The van der Waals surface area contributed by atoms with Crippen LogP contribution in [0.25, 0.3) is 0 Å². The minimum absolute atomic E-state index is 0.0646. The van der Waals surface area contributed by atoms with Crippen LogP contribution in [-0.4, -0.2) is 23.3 Å². The van der Waals surface area contributed by atoms with Gasteiger partial charge in [0, 0.05) is 23.0 Å². The van der Waals surface area contributed by atoms with Crippen LogP contribution in [0.1, 0.15) is 48.0 Å². The van der Waals surface area contributed by atoms with E-state index in [1.807, 2.05) is 32.0 Å². The average Bonchev–Trinajstić information content (AvgIpc) is 2.82. The normalized spacial score (nSPS) is 11.3. The summed E-state index contributed by atoms with van der Waals surface area (Å²) in [6.07, 6.45) is 1.68. The van der Waals surface area contributed by atoms with Gasteiger partial charge >= 0.3 is 0 Å². The highest BCUT2D eigenvalue weighted by Crippen LogP contribution is 2.18. The minimum Gasteiger partial charge on any atom is -0.484 e. The molecule has 1 aromatic carbocycles. The van der Waals surface area contributed by atoms with Crippen molar-refractivity contribution in [3.8, 4) is 5.75 Å². The van der Waals surface area contributed by atoms with Gasteiger partial charge in [-0.05, 0) is 70.9 Å². The molecule has 25 heavy (non-hydrogen) atoms. The lowest BCUT2D eigenvalue weighted by atomic mass is 10.1. The summed E-state index contributed by atoms with van der Waals surface area (Å²) in [6, 6.07) is 8.22. The van der Waals surface area contributed by atoms with Crippen molar-refractivity contribution in [1.82, 2.24) is 9.99 Å². The maximum absolute atomic E-state index is 11.9. The Hall–Kier alpha value is -2.56. The third-order valence-corrected chi connectivity index (χ3v) is 4.28. The van der Waals surface area contributed by atoms with Crippen molar-refractivity contribution < 1.29 is 9.53 Å². The second kappa shape index (κ2) is 8.01. The maximum atomic E-state index is 11.9. The molecule has 0 aliphatic heterocycles. The summed E-state index contributed by atoms with van der Waals surface area (Å²) in [5.74, 6) is 0.398. The number of hydrazone groups is 1. The lowest BCUT2D eigenvalue weighted by molar-refractivity contribution is -0.123. The van der Waals surface area contributed by atoms with Crippen LogP contribution in [0.4, 0.5) is 0 Å². The van der Waals surface area contributed by atoms with E-state index in [9.17, 15) is 4.79 Å². The first-order chi connectivity index (χ1) is 11.8. The SMILES string of the molecule is Cc1ccc(OCC(=O)N/N=C\c2cc(C)n(C(C)C)c2C)cc1C. The van der Waals surface area contributed by atoms with Crippen molar-refractivity contribution in [1.29, 1.82) is 0 Å². The van der Waals surface area contributed by atoms with Crippen LogP contribution in [-0.2, 0) is 4.79 Å². The Morgan fingerprint density at radius 3 is 2.52 bits per heavy atom. The predicted octanol–water partition coefficient (Wildman–Crippen LogP) is 3.83. The topological polar surface area (TPSA) is 55.6 Å². The number of nitrogens with zero attached hydrogens (tertiary/aromatic N) is 2. The Morgan fingerprint density at radius 1 is 1.20 bits per heavy atom. The zero-order chi connectivity index (χ0) is 18.6. The van der Waals surface area contributed by atoms with Crippen molar-refractivity contribution in [3.05, 3.63) is 52.3 Å². The molecule has 5 heteroatoms. The smallest absolute Gasteiger partial charge is 0.277 e. The van der Waals surface area contributed by atoms with Crippen LogP contribution < -0.4 is 10.2 Å². The Labute approximate surface area is 149 Å². The summed E-state index contributed by atoms with van der Waals surface area (Å²) in [5, 5.41) is 4.04. The van der Waals surface area contributed by atoms with Crippen LogP contribution in [0, 0.1) is 27.7 Å². The molecule has 0 aliphatic rings. The minimum atomic E-state index is -0.285. The predicted molar refractivity (Wildman–Crippen MR) is 101 cm³/mol. The third kappa shape index (κ3) is 4.72. The molecule has 0 saturated heterocycles. The zero-order valence-electron chi connectivity index (χ0n) is 15.9. The number of nitrogens with one attached hydrogen (secondary N) is 1. The Balaban J connectivity index is 1.90. The molecular formula is C20H27N3O2. The average molecular weight is 341 g/mol. The molecule has 0 unspecified atom stereocenters. The van der Waals surface area contributed by atoms with Crippen LogP contribution in [0.5, 0.6) is 5.75 Å². The van der Waals surface area contributed by atoms with E-state index in [-0.39, 0.29) is 12.5 Å². The van der Waals surface area contributed by atoms with Crippen LogP contribution in [0.2, 0.25) is 0 Å². The summed E-state index contributed by atoms with van der Waals surface area (Å²) >= 11 is 0. The van der Waals surface area contributed by atoms with Crippen LogP contribution in [0.15, 0.2) is 29.4 Å². The molecular weight excluding hydrogens is 314 g/mol. The monoisotopic (exact) mass is 341 g/mol. The fourth-order valence-corrected chi connectivity index (χ4v) is 2.89. The first-order valence-corrected chi connectivity index (χ1v) is 8.50. The molecule has 0 fully saturated rings. The number of hydrogen-bond donors (Lipinski definition) is 1. The summed E-state index contributed by atoms with van der Waals surface area (Å²) in [6.45, 7) is 12.4. The van der Waals surface area contributed by atoms with Gasteiger partial charge in [0.2, 0.25) is 0 Å². The highest BCUT2D eigenvalue weighted by atomic mass is 16.5. The number of rotatable bonds is 6.